The van der Waals surface area contributed by atoms with Gasteiger partial charge in [0.1, 0.15) is 5.56 Å². The monoisotopic (exact) mass is 277 g/mol. The highest BCUT2D eigenvalue weighted by atomic mass is 16.2. The van der Waals surface area contributed by atoms with Crippen LogP contribution in [0.5, 0.6) is 0 Å². The fraction of sp³-hybridized carbons (Fsp3) is 0.600. The molecule has 20 heavy (non-hydrogen) atoms. The van der Waals surface area contributed by atoms with E-state index < -0.39 is 0 Å². The van der Waals surface area contributed by atoms with Crippen molar-refractivity contribution in [1.29, 1.82) is 0 Å². The van der Waals surface area contributed by atoms with Gasteiger partial charge in [-0.25, -0.2) is 0 Å². The molecule has 1 saturated carbocycles. The fourth-order valence-corrected chi connectivity index (χ4v) is 3.00. The zero-order valence-corrected chi connectivity index (χ0v) is 12.2. The number of amides is 1. The molecular weight excluding hydrogens is 254 g/mol. The largest absolute Gasteiger partial charge is 0.345 e. The van der Waals surface area contributed by atoms with Gasteiger partial charge in [0.25, 0.3) is 11.5 Å². The number of rotatable bonds is 3. The number of aryl methyl sites for hydroxylation is 1. The van der Waals surface area contributed by atoms with Crippen molar-refractivity contribution in [2.45, 2.75) is 45.1 Å². The minimum atomic E-state index is -0.382. The van der Waals surface area contributed by atoms with Gasteiger partial charge < -0.3 is 16.0 Å². The first-order valence-electron chi connectivity index (χ1n) is 7.21. The van der Waals surface area contributed by atoms with Crippen molar-refractivity contribution in [1.82, 2.24) is 10.3 Å². The third kappa shape index (κ3) is 2.77. The molecule has 5 heteroatoms. The molecule has 0 saturated heterocycles. The number of hydrogen-bond donors (Lipinski definition) is 3. The van der Waals surface area contributed by atoms with E-state index in [9.17, 15) is 9.59 Å². The highest BCUT2D eigenvalue weighted by molar-refractivity contribution is 5.94. The number of hydrogen-bond acceptors (Lipinski definition) is 3. The highest BCUT2D eigenvalue weighted by Gasteiger charge is 2.38. The lowest BCUT2D eigenvalue weighted by Gasteiger charge is -2.42. The number of nitrogens with two attached hydrogens (primary N) is 1. The van der Waals surface area contributed by atoms with Gasteiger partial charge in [0.05, 0.1) is 5.54 Å². The van der Waals surface area contributed by atoms with Crippen molar-refractivity contribution in [2.75, 3.05) is 6.54 Å². The summed E-state index contributed by atoms with van der Waals surface area (Å²) >= 11 is 0. The molecule has 1 heterocycles. The van der Waals surface area contributed by atoms with Crippen LogP contribution in [-0.2, 0) is 0 Å². The Bertz CT molecular complexity index is 552. The third-order valence-electron chi connectivity index (χ3n) is 4.48. The molecule has 1 aliphatic rings. The molecule has 1 amide bonds. The molecule has 0 aliphatic heterocycles. The molecule has 1 fully saturated rings. The van der Waals surface area contributed by atoms with Gasteiger partial charge in [0.15, 0.2) is 0 Å². The number of carbonyl (C=O) groups is 1. The standard InChI is InChI=1S/C15H23N3O2/c1-10-5-3-4-8-15(10,9-16)18-14(20)12-7-6-11(2)17-13(12)19/h6-7,10H,3-5,8-9,16H2,1-2H3,(H,17,19)(H,18,20). The summed E-state index contributed by atoms with van der Waals surface area (Å²) in [7, 11) is 0. The van der Waals surface area contributed by atoms with Gasteiger partial charge in [0, 0.05) is 12.2 Å². The summed E-state index contributed by atoms with van der Waals surface area (Å²) in [4.78, 5) is 26.9. The van der Waals surface area contributed by atoms with Gasteiger partial charge in [-0.2, -0.15) is 0 Å². The Hall–Kier alpha value is -1.62. The Morgan fingerprint density at radius 3 is 2.85 bits per heavy atom. The van der Waals surface area contributed by atoms with Crippen molar-refractivity contribution in [2.24, 2.45) is 11.7 Å². The Balaban J connectivity index is 2.23. The van der Waals surface area contributed by atoms with E-state index in [-0.39, 0.29) is 22.6 Å². The lowest BCUT2D eigenvalue weighted by molar-refractivity contribution is 0.0811. The van der Waals surface area contributed by atoms with Crippen LogP contribution in [0.2, 0.25) is 0 Å². The van der Waals surface area contributed by atoms with Crippen LogP contribution in [0.1, 0.15) is 48.7 Å². The Morgan fingerprint density at radius 1 is 1.50 bits per heavy atom. The topological polar surface area (TPSA) is 88.0 Å². The van der Waals surface area contributed by atoms with Crippen LogP contribution in [0.4, 0.5) is 0 Å². The number of H-pyrrole nitrogens is 1. The zero-order chi connectivity index (χ0) is 14.8. The van der Waals surface area contributed by atoms with Crippen molar-refractivity contribution < 1.29 is 4.79 Å². The molecule has 110 valence electrons. The summed E-state index contributed by atoms with van der Waals surface area (Å²) in [5.74, 6) is 0.000167. The summed E-state index contributed by atoms with van der Waals surface area (Å²) in [6.07, 6.45) is 4.16. The summed E-state index contributed by atoms with van der Waals surface area (Å²) in [6, 6.07) is 3.30. The minimum absolute atomic E-state index is 0.154. The first-order chi connectivity index (χ1) is 9.48. The van der Waals surface area contributed by atoms with Gasteiger partial charge in [-0.15, -0.1) is 0 Å². The number of carbonyl (C=O) groups excluding carboxylic acids is 1. The predicted octanol–water partition coefficient (Wildman–Crippen LogP) is 1.32. The van der Waals surface area contributed by atoms with Crippen molar-refractivity contribution in [3.63, 3.8) is 0 Å². The van der Waals surface area contributed by atoms with Crippen LogP contribution in [0, 0.1) is 12.8 Å². The Labute approximate surface area is 119 Å². The lowest BCUT2D eigenvalue weighted by atomic mass is 9.73. The molecular formula is C15H23N3O2. The molecule has 1 aromatic rings. The van der Waals surface area contributed by atoms with Crippen LogP contribution in [0.25, 0.3) is 0 Å². The molecule has 0 aromatic carbocycles. The minimum Gasteiger partial charge on any atom is -0.345 e. The average Bonchev–Trinajstić information content (AvgIpc) is 2.41. The molecule has 0 radical (unpaired) electrons. The highest BCUT2D eigenvalue weighted by Crippen LogP contribution is 2.33. The van der Waals surface area contributed by atoms with Crippen LogP contribution >= 0.6 is 0 Å². The van der Waals surface area contributed by atoms with Crippen LogP contribution in [0.3, 0.4) is 0 Å². The van der Waals surface area contributed by atoms with Crippen LogP contribution in [-0.4, -0.2) is 23.0 Å². The van der Waals surface area contributed by atoms with E-state index >= 15 is 0 Å². The number of nitrogens with one attached hydrogen (secondary N) is 2. The summed E-state index contributed by atoms with van der Waals surface area (Å²) < 4.78 is 0. The molecule has 0 bridgehead atoms. The molecule has 0 spiro atoms. The molecule has 2 rings (SSSR count). The molecule has 2 unspecified atom stereocenters. The van der Waals surface area contributed by atoms with Gasteiger partial charge >= 0.3 is 0 Å². The zero-order valence-electron chi connectivity index (χ0n) is 12.2. The summed E-state index contributed by atoms with van der Waals surface area (Å²) in [6.45, 7) is 4.31. The SMILES string of the molecule is Cc1ccc(C(=O)NC2(CN)CCCCC2C)c(=O)[nH]1. The van der Waals surface area contributed by atoms with Crippen LogP contribution < -0.4 is 16.6 Å². The molecule has 1 aromatic heterocycles. The van der Waals surface area contributed by atoms with E-state index in [0.29, 0.717) is 12.5 Å². The quantitative estimate of drug-likeness (QED) is 0.778. The average molecular weight is 277 g/mol. The summed E-state index contributed by atoms with van der Waals surface area (Å²) in [5.41, 5.74) is 6.08. The van der Waals surface area contributed by atoms with Gasteiger partial charge in [0.2, 0.25) is 0 Å². The van der Waals surface area contributed by atoms with E-state index in [4.69, 9.17) is 5.73 Å². The maximum Gasteiger partial charge on any atom is 0.260 e. The maximum atomic E-state index is 12.4. The first kappa shape index (κ1) is 14.8. The van der Waals surface area contributed by atoms with Crippen molar-refractivity contribution in [3.8, 4) is 0 Å². The molecule has 2 atom stereocenters. The van der Waals surface area contributed by atoms with E-state index in [0.717, 1.165) is 25.0 Å². The third-order valence-corrected chi connectivity index (χ3v) is 4.48. The second kappa shape index (κ2) is 5.79. The summed E-state index contributed by atoms with van der Waals surface area (Å²) in [5, 5.41) is 3.02. The van der Waals surface area contributed by atoms with E-state index in [1.165, 1.54) is 6.42 Å². The smallest absolute Gasteiger partial charge is 0.260 e. The second-order valence-corrected chi connectivity index (χ2v) is 5.85. The number of pyridine rings is 1. The Morgan fingerprint density at radius 2 is 2.25 bits per heavy atom. The number of aromatic amines is 1. The number of aromatic nitrogens is 1. The van der Waals surface area contributed by atoms with Gasteiger partial charge in [-0.05, 0) is 37.8 Å². The van der Waals surface area contributed by atoms with E-state index in [2.05, 4.69) is 17.2 Å². The fourth-order valence-electron chi connectivity index (χ4n) is 3.00. The second-order valence-electron chi connectivity index (χ2n) is 5.85. The molecule has 5 nitrogen and oxygen atoms in total. The van der Waals surface area contributed by atoms with Gasteiger partial charge in [-0.3, -0.25) is 9.59 Å². The van der Waals surface area contributed by atoms with E-state index in [1.54, 1.807) is 19.1 Å². The molecule has 1 aliphatic carbocycles. The predicted molar refractivity (Wildman–Crippen MR) is 78.7 cm³/mol. The first-order valence-corrected chi connectivity index (χ1v) is 7.21. The maximum absolute atomic E-state index is 12.4. The van der Waals surface area contributed by atoms with Crippen molar-refractivity contribution in [3.05, 3.63) is 33.7 Å². The van der Waals surface area contributed by atoms with Gasteiger partial charge in [-0.1, -0.05) is 19.8 Å². The Kier molecular flexibility index (Phi) is 4.28. The normalized spacial score (nSPS) is 26.2. The van der Waals surface area contributed by atoms with E-state index in [1.807, 2.05) is 0 Å². The molecule has 4 N–H and O–H groups in total. The lowest BCUT2D eigenvalue weighted by Crippen LogP contribution is -2.59. The van der Waals surface area contributed by atoms with Crippen LogP contribution in [0.15, 0.2) is 16.9 Å². The van der Waals surface area contributed by atoms with Crippen molar-refractivity contribution >= 4 is 5.91 Å².